The molecule has 0 amide bonds. The Labute approximate surface area is 92.6 Å². The van der Waals surface area contributed by atoms with E-state index in [2.05, 4.69) is 10.3 Å². The van der Waals surface area contributed by atoms with Crippen molar-refractivity contribution in [2.24, 2.45) is 0 Å². The van der Waals surface area contributed by atoms with Crippen molar-refractivity contribution in [2.75, 3.05) is 32.7 Å². The first-order valence-electron chi connectivity index (χ1n) is 4.84. The maximum atomic E-state index is 13.2. The Morgan fingerprint density at radius 1 is 1.31 bits per heavy atom. The molecule has 0 fully saturated rings. The number of hydrogen-bond acceptors (Lipinski definition) is 4. The molecule has 0 aliphatic rings. The van der Waals surface area contributed by atoms with Crippen LogP contribution in [0.4, 0.5) is 14.6 Å². The molecule has 6 heteroatoms. The quantitative estimate of drug-likeness (QED) is 0.760. The van der Waals surface area contributed by atoms with Crippen molar-refractivity contribution in [3.05, 3.63) is 17.7 Å². The van der Waals surface area contributed by atoms with E-state index in [9.17, 15) is 8.78 Å². The van der Waals surface area contributed by atoms with Crippen LogP contribution < -0.4 is 10.1 Å². The molecule has 1 N–H and O–H groups in total. The average Bonchev–Trinajstić information content (AvgIpc) is 2.27. The van der Waals surface area contributed by atoms with E-state index in [1.807, 2.05) is 0 Å². The molecule has 1 aromatic heterocycles. The second-order valence-corrected chi connectivity index (χ2v) is 3.05. The number of pyridine rings is 1. The summed E-state index contributed by atoms with van der Waals surface area (Å²) < 4.78 is 36.1. The van der Waals surface area contributed by atoms with E-state index in [0.717, 1.165) is 6.07 Å². The predicted octanol–water partition coefficient (Wildman–Crippen LogP) is 1.82. The number of anilines is 1. The number of halogens is 2. The lowest BCUT2D eigenvalue weighted by atomic mass is 10.4. The summed E-state index contributed by atoms with van der Waals surface area (Å²) in [6.45, 7) is 0.786. The summed E-state index contributed by atoms with van der Waals surface area (Å²) >= 11 is 0. The summed E-state index contributed by atoms with van der Waals surface area (Å²) in [7, 11) is 3.06. The van der Waals surface area contributed by atoms with Gasteiger partial charge in [0.15, 0.2) is 17.5 Å². The molecule has 0 atom stereocenters. The maximum Gasteiger partial charge on any atom is 0.252 e. The van der Waals surface area contributed by atoms with Crippen LogP contribution in [0.1, 0.15) is 6.42 Å². The smallest absolute Gasteiger partial charge is 0.252 e. The monoisotopic (exact) mass is 232 g/mol. The molecule has 1 rings (SSSR count). The molecule has 0 spiro atoms. The summed E-state index contributed by atoms with van der Waals surface area (Å²) in [5, 5.41) is 2.51. The molecule has 0 radical (unpaired) electrons. The van der Waals surface area contributed by atoms with Crippen LogP contribution in [0.3, 0.4) is 0 Å². The van der Waals surface area contributed by atoms with E-state index in [1.165, 1.54) is 7.05 Å². The zero-order chi connectivity index (χ0) is 12.0. The lowest BCUT2D eigenvalue weighted by Gasteiger charge is -2.08. The first-order chi connectivity index (χ1) is 7.69. The summed E-state index contributed by atoms with van der Waals surface area (Å²) in [4.78, 5) is 3.66. The van der Waals surface area contributed by atoms with Crippen molar-refractivity contribution in [3.63, 3.8) is 0 Å². The molecular formula is C10H14F2N2O2. The second kappa shape index (κ2) is 6.22. The van der Waals surface area contributed by atoms with Gasteiger partial charge < -0.3 is 14.8 Å². The fourth-order valence-corrected chi connectivity index (χ4v) is 1.10. The van der Waals surface area contributed by atoms with Crippen molar-refractivity contribution in [2.45, 2.75) is 6.42 Å². The first kappa shape index (κ1) is 12.6. The van der Waals surface area contributed by atoms with E-state index >= 15 is 0 Å². The molecule has 0 unspecified atom stereocenters. The Morgan fingerprint density at radius 3 is 2.69 bits per heavy atom. The number of methoxy groups -OCH3 is 1. The van der Waals surface area contributed by atoms with Gasteiger partial charge in [0, 0.05) is 33.3 Å². The molecule has 0 aliphatic heterocycles. The Hall–Kier alpha value is -1.43. The fraction of sp³-hybridized carbons (Fsp3) is 0.500. The third-order valence-electron chi connectivity index (χ3n) is 1.87. The molecule has 0 bridgehead atoms. The van der Waals surface area contributed by atoms with Crippen molar-refractivity contribution in [3.8, 4) is 5.88 Å². The summed E-state index contributed by atoms with van der Waals surface area (Å²) in [5.41, 5.74) is 0. The second-order valence-electron chi connectivity index (χ2n) is 3.05. The number of nitrogens with zero attached hydrogens (tertiary/aromatic N) is 1. The van der Waals surface area contributed by atoms with Crippen LogP contribution in [0.5, 0.6) is 5.88 Å². The Balaban J connectivity index is 2.64. The van der Waals surface area contributed by atoms with E-state index in [1.54, 1.807) is 7.11 Å². The highest BCUT2D eigenvalue weighted by Gasteiger charge is 2.11. The minimum atomic E-state index is -0.811. The number of rotatable bonds is 6. The van der Waals surface area contributed by atoms with Crippen LogP contribution >= 0.6 is 0 Å². The van der Waals surface area contributed by atoms with Gasteiger partial charge in [0.05, 0.1) is 6.61 Å². The standard InChI is InChI=1S/C10H14F2N2O2/c1-13-9-7(11)6-8(12)10(14-9)16-5-3-4-15-2/h6H,3-5H2,1-2H3,(H,13,14). The molecule has 0 saturated carbocycles. The van der Waals surface area contributed by atoms with Gasteiger partial charge in [-0.2, -0.15) is 4.98 Å². The highest BCUT2D eigenvalue weighted by Crippen LogP contribution is 2.20. The maximum absolute atomic E-state index is 13.2. The minimum Gasteiger partial charge on any atom is -0.475 e. The van der Waals surface area contributed by atoms with E-state index in [0.29, 0.717) is 13.0 Å². The molecular weight excluding hydrogens is 218 g/mol. The largest absolute Gasteiger partial charge is 0.475 e. The van der Waals surface area contributed by atoms with Crippen LogP contribution in [-0.2, 0) is 4.74 Å². The fourth-order valence-electron chi connectivity index (χ4n) is 1.10. The van der Waals surface area contributed by atoms with E-state index in [-0.39, 0.29) is 18.3 Å². The molecule has 1 heterocycles. The first-order valence-corrected chi connectivity index (χ1v) is 4.84. The van der Waals surface area contributed by atoms with Crippen LogP contribution in [0.15, 0.2) is 6.07 Å². The lowest BCUT2D eigenvalue weighted by molar-refractivity contribution is 0.168. The minimum absolute atomic E-state index is 0.0388. The molecule has 4 nitrogen and oxygen atoms in total. The molecule has 16 heavy (non-hydrogen) atoms. The Morgan fingerprint density at radius 2 is 2.06 bits per heavy atom. The zero-order valence-corrected chi connectivity index (χ0v) is 9.22. The van der Waals surface area contributed by atoms with Gasteiger partial charge in [-0.3, -0.25) is 0 Å². The molecule has 0 aromatic carbocycles. The van der Waals surface area contributed by atoms with Crippen molar-refractivity contribution in [1.82, 2.24) is 4.98 Å². The molecule has 1 aromatic rings. The third kappa shape index (κ3) is 3.30. The number of nitrogens with one attached hydrogen (secondary N) is 1. The van der Waals surface area contributed by atoms with Crippen molar-refractivity contribution in [1.29, 1.82) is 0 Å². The predicted molar refractivity (Wildman–Crippen MR) is 55.7 cm³/mol. The SMILES string of the molecule is CNc1nc(OCCCOC)c(F)cc1F. The van der Waals surface area contributed by atoms with Gasteiger partial charge in [0.25, 0.3) is 5.88 Å². The highest BCUT2D eigenvalue weighted by molar-refractivity contribution is 5.38. The van der Waals surface area contributed by atoms with Crippen LogP contribution in [0.2, 0.25) is 0 Å². The Bertz CT molecular complexity index is 348. The summed E-state index contributed by atoms with van der Waals surface area (Å²) in [6, 6.07) is 0.741. The number of aromatic nitrogens is 1. The summed E-state index contributed by atoms with van der Waals surface area (Å²) in [6.07, 6.45) is 0.615. The van der Waals surface area contributed by atoms with Crippen LogP contribution in [0.25, 0.3) is 0 Å². The van der Waals surface area contributed by atoms with Crippen LogP contribution in [-0.4, -0.2) is 32.4 Å². The zero-order valence-electron chi connectivity index (χ0n) is 9.22. The van der Waals surface area contributed by atoms with E-state index in [4.69, 9.17) is 9.47 Å². The van der Waals surface area contributed by atoms with Gasteiger partial charge in [-0.15, -0.1) is 0 Å². The van der Waals surface area contributed by atoms with E-state index < -0.39 is 11.6 Å². The number of hydrogen-bond donors (Lipinski definition) is 1. The molecule has 90 valence electrons. The third-order valence-corrected chi connectivity index (χ3v) is 1.87. The molecule has 0 saturated heterocycles. The Kier molecular flexibility index (Phi) is 4.91. The van der Waals surface area contributed by atoms with Gasteiger partial charge >= 0.3 is 0 Å². The van der Waals surface area contributed by atoms with Crippen molar-refractivity contribution >= 4 is 5.82 Å². The van der Waals surface area contributed by atoms with Gasteiger partial charge in [0.2, 0.25) is 0 Å². The normalized spacial score (nSPS) is 10.2. The van der Waals surface area contributed by atoms with Gasteiger partial charge in [0.1, 0.15) is 0 Å². The topological polar surface area (TPSA) is 43.4 Å². The van der Waals surface area contributed by atoms with Gasteiger partial charge in [-0.1, -0.05) is 0 Å². The van der Waals surface area contributed by atoms with Crippen molar-refractivity contribution < 1.29 is 18.3 Å². The average molecular weight is 232 g/mol. The highest BCUT2D eigenvalue weighted by atomic mass is 19.1. The van der Waals surface area contributed by atoms with Crippen LogP contribution in [0, 0.1) is 11.6 Å². The summed E-state index contributed by atoms with van der Waals surface area (Å²) in [5.74, 6) is -1.80. The lowest BCUT2D eigenvalue weighted by Crippen LogP contribution is -2.06. The van der Waals surface area contributed by atoms with Gasteiger partial charge in [-0.05, 0) is 0 Å². The number of ether oxygens (including phenoxy) is 2. The molecule has 0 aliphatic carbocycles. The van der Waals surface area contributed by atoms with Gasteiger partial charge in [-0.25, -0.2) is 8.78 Å².